The minimum Gasteiger partial charge on any atom is -0.348 e. The van der Waals surface area contributed by atoms with Gasteiger partial charge in [-0.05, 0) is 25.5 Å². The van der Waals surface area contributed by atoms with Crippen molar-refractivity contribution in [2.24, 2.45) is 0 Å². The number of carbonyl (C=O) groups excluding carboxylic acids is 1. The number of allylic oxidation sites excluding steroid dienone is 5. The van der Waals surface area contributed by atoms with Crippen LogP contribution in [0.1, 0.15) is 34.1 Å². The van der Waals surface area contributed by atoms with Crippen molar-refractivity contribution in [1.29, 1.82) is 0 Å². The van der Waals surface area contributed by atoms with Crippen LogP contribution in [0.2, 0.25) is 0 Å². The number of amides is 1. The SMILES string of the molecule is C=C/C=C(\C=C/C)c1cc(C(=O)NCc2ccc(C)cc2)c(=O)[nH]n1. The van der Waals surface area contributed by atoms with E-state index >= 15 is 0 Å². The minimum atomic E-state index is -0.524. The Morgan fingerprint density at radius 1 is 1.32 bits per heavy atom. The van der Waals surface area contributed by atoms with Crippen molar-refractivity contribution in [3.8, 4) is 0 Å². The molecule has 0 unspecified atom stereocenters. The second-order valence-electron chi connectivity index (χ2n) is 5.52. The van der Waals surface area contributed by atoms with Gasteiger partial charge in [0, 0.05) is 12.1 Å². The Bertz CT molecular complexity index is 875. The van der Waals surface area contributed by atoms with E-state index in [0.29, 0.717) is 12.2 Å². The van der Waals surface area contributed by atoms with E-state index in [9.17, 15) is 9.59 Å². The summed E-state index contributed by atoms with van der Waals surface area (Å²) < 4.78 is 0. The second kappa shape index (κ2) is 8.59. The number of aryl methyl sites for hydroxylation is 1. The summed E-state index contributed by atoms with van der Waals surface area (Å²) in [4.78, 5) is 24.4. The third-order valence-electron chi connectivity index (χ3n) is 3.56. The van der Waals surface area contributed by atoms with E-state index in [4.69, 9.17) is 0 Å². The smallest absolute Gasteiger partial charge is 0.277 e. The van der Waals surface area contributed by atoms with Gasteiger partial charge in [0.25, 0.3) is 11.5 Å². The molecule has 0 spiro atoms. The number of H-pyrrole nitrogens is 1. The summed E-state index contributed by atoms with van der Waals surface area (Å²) in [5, 5.41) is 9.14. The lowest BCUT2D eigenvalue weighted by Gasteiger charge is -2.07. The van der Waals surface area contributed by atoms with E-state index in [1.165, 1.54) is 6.07 Å². The van der Waals surface area contributed by atoms with Crippen LogP contribution in [0.4, 0.5) is 0 Å². The van der Waals surface area contributed by atoms with Crippen molar-refractivity contribution in [3.05, 3.63) is 94.0 Å². The first-order chi connectivity index (χ1) is 12.0. The molecule has 0 aliphatic carbocycles. The maximum atomic E-state index is 12.4. The highest BCUT2D eigenvalue weighted by atomic mass is 16.2. The highest BCUT2D eigenvalue weighted by Crippen LogP contribution is 2.13. The highest BCUT2D eigenvalue weighted by molar-refractivity contribution is 5.94. The minimum absolute atomic E-state index is 0.0246. The maximum Gasteiger partial charge on any atom is 0.277 e. The summed E-state index contributed by atoms with van der Waals surface area (Å²) in [6, 6.07) is 9.31. The Morgan fingerprint density at radius 2 is 2.04 bits per heavy atom. The van der Waals surface area contributed by atoms with Crippen molar-refractivity contribution < 1.29 is 4.79 Å². The zero-order chi connectivity index (χ0) is 18.2. The molecule has 5 nitrogen and oxygen atoms in total. The van der Waals surface area contributed by atoms with E-state index in [0.717, 1.165) is 16.7 Å². The molecule has 0 fully saturated rings. The van der Waals surface area contributed by atoms with Gasteiger partial charge in [0.1, 0.15) is 5.56 Å². The van der Waals surface area contributed by atoms with Crippen molar-refractivity contribution in [3.63, 3.8) is 0 Å². The van der Waals surface area contributed by atoms with Gasteiger partial charge >= 0.3 is 0 Å². The molecule has 128 valence electrons. The predicted molar refractivity (Wildman–Crippen MR) is 100 cm³/mol. The van der Waals surface area contributed by atoms with Gasteiger partial charge in [-0.3, -0.25) is 9.59 Å². The van der Waals surface area contributed by atoms with Crippen molar-refractivity contribution in [1.82, 2.24) is 15.5 Å². The number of hydrogen-bond donors (Lipinski definition) is 2. The van der Waals surface area contributed by atoms with Crippen LogP contribution in [0, 0.1) is 6.92 Å². The highest BCUT2D eigenvalue weighted by Gasteiger charge is 2.13. The fraction of sp³-hybridized carbons (Fsp3) is 0.150. The summed E-state index contributed by atoms with van der Waals surface area (Å²) in [6.07, 6.45) is 7.06. The molecule has 0 saturated carbocycles. The molecule has 2 rings (SSSR count). The van der Waals surface area contributed by atoms with Crippen molar-refractivity contribution >= 4 is 11.5 Å². The number of aromatic amines is 1. The van der Waals surface area contributed by atoms with Crippen LogP contribution in [0.15, 0.2) is 66.0 Å². The average Bonchev–Trinajstić information content (AvgIpc) is 2.61. The maximum absolute atomic E-state index is 12.4. The van der Waals surface area contributed by atoms with E-state index in [1.54, 1.807) is 12.2 Å². The molecule has 0 saturated heterocycles. The van der Waals surface area contributed by atoms with Gasteiger partial charge in [0.15, 0.2) is 0 Å². The van der Waals surface area contributed by atoms with Crippen LogP contribution < -0.4 is 10.9 Å². The molecular formula is C20H21N3O2. The zero-order valence-electron chi connectivity index (χ0n) is 14.4. The molecule has 2 aromatic rings. The predicted octanol–water partition coefficient (Wildman–Crippen LogP) is 3.15. The lowest BCUT2D eigenvalue weighted by Crippen LogP contribution is -2.30. The van der Waals surface area contributed by atoms with Crippen molar-refractivity contribution in [2.75, 3.05) is 0 Å². The molecule has 0 radical (unpaired) electrons. The van der Waals surface area contributed by atoms with E-state index in [1.807, 2.05) is 50.3 Å². The first-order valence-electron chi connectivity index (χ1n) is 7.94. The Labute approximate surface area is 146 Å². The van der Waals surface area contributed by atoms with E-state index in [2.05, 4.69) is 22.1 Å². The molecule has 25 heavy (non-hydrogen) atoms. The summed E-state index contributed by atoms with van der Waals surface area (Å²) in [5.74, 6) is -0.441. The van der Waals surface area contributed by atoms with Gasteiger partial charge in [-0.2, -0.15) is 5.10 Å². The van der Waals surface area contributed by atoms with Crippen molar-refractivity contribution in [2.45, 2.75) is 20.4 Å². The van der Waals surface area contributed by atoms with Crippen LogP contribution in [-0.2, 0) is 6.54 Å². The van der Waals surface area contributed by atoms with Crippen LogP contribution in [-0.4, -0.2) is 16.1 Å². The van der Waals surface area contributed by atoms with Crippen LogP contribution in [0.3, 0.4) is 0 Å². The summed E-state index contributed by atoms with van der Waals surface area (Å²) in [5.41, 5.74) is 2.86. The summed E-state index contributed by atoms with van der Waals surface area (Å²) >= 11 is 0. The van der Waals surface area contributed by atoms with E-state index < -0.39 is 11.5 Å². The van der Waals surface area contributed by atoms with Gasteiger partial charge in [0.2, 0.25) is 0 Å². The Balaban J connectivity index is 2.22. The van der Waals surface area contributed by atoms with E-state index in [-0.39, 0.29) is 5.56 Å². The number of hydrogen-bond acceptors (Lipinski definition) is 3. The standard InChI is InChI=1S/C20H21N3O2/c1-4-6-16(7-5-2)18-12-17(20(25)23-22-18)19(24)21-13-15-10-8-14(3)9-11-15/h4-12H,1,13H2,2-3H3,(H,21,24)(H,23,25)/b7-5-,16-6+. The third-order valence-corrected chi connectivity index (χ3v) is 3.56. The first-order valence-corrected chi connectivity index (χ1v) is 7.94. The van der Waals surface area contributed by atoms with Crippen LogP contribution in [0.5, 0.6) is 0 Å². The first kappa shape index (κ1) is 18.1. The summed E-state index contributed by atoms with van der Waals surface area (Å²) in [7, 11) is 0. The normalized spacial score (nSPS) is 11.5. The molecule has 2 N–H and O–H groups in total. The fourth-order valence-corrected chi connectivity index (χ4v) is 2.24. The monoisotopic (exact) mass is 335 g/mol. The molecule has 0 bridgehead atoms. The third kappa shape index (κ3) is 4.88. The number of nitrogens with zero attached hydrogens (tertiary/aromatic N) is 1. The lowest BCUT2D eigenvalue weighted by molar-refractivity contribution is 0.0949. The number of carbonyl (C=O) groups is 1. The van der Waals surface area contributed by atoms with Gasteiger partial charge < -0.3 is 5.32 Å². The van der Waals surface area contributed by atoms with Crippen LogP contribution in [0.25, 0.3) is 5.57 Å². The van der Waals surface area contributed by atoms with Crippen LogP contribution >= 0.6 is 0 Å². The molecule has 1 amide bonds. The molecule has 1 aromatic carbocycles. The topological polar surface area (TPSA) is 74.8 Å². The molecule has 0 aliphatic heterocycles. The zero-order valence-corrected chi connectivity index (χ0v) is 14.4. The molecule has 1 aromatic heterocycles. The molecule has 0 aliphatic rings. The summed E-state index contributed by atoms with van der Waals surface area (Å²) in [6.45, 7) is 7.88. The van der Waals surface area contributed by atoms with Gasteiger partial charge in [-0.15, -0.1) is 0 Å². The molecular weight excluding hydrogens is 314 g/mol. The van der Waals surface area contributed by atoms with Gasteiger partial charge in [-0.1, -0.05) is 60.7 Å². The van der Waals surface area contributed by atoms with Gasteiger partial charge in [-0.25, -0.2) is 5.10 Å². The van der Waals surface area contributed by atoms with Gasteiger partial charge in [0.05, 0.1) is 5.69 Å². The number of nitrogens with one attached hydrogen (secondary N) is 2. The Hall–Kier alpha value is -3.21. The quantitative estimate of drug-likeness (QED) is 0.796. The average molecular weight is 335 g/mol. The largest absolute Gasteiger partial charge is 0.348 e. The molecule has 1 heterocycles. The number of rotatable bonds is 6. The number of aromatic nitrogens is 2. The molecule has 0 atom stereocenters. The Morgan fingerprint density at radius 3 is 2.68 bits per heavy atom. The second-order valence-corrected chi connectivity index (χ2v) is 5.52. The fourth-order valence-electron chi connectivity index (χ4n) is 2.24. The lowest BCUT2D eigenvalue weighted by atomic mass is 10.1. The number of benzene rings is 1. The Kier molecular flexibility index (Phi) is 6.23. The molecule has 5 heteroatoms.